The Labute approximate surface area is 112 Å². The van der Waals surface area contributed by atoms with Crippen molar-refractivity contribution < 1.29 is 9.53 Å². The Bertz CT molecular complexity index is 650. The second-order valence-corrected chi connectivity index (χ2v) is 4.78. The summed E-state index contributed by atoms with van der Waals surface area (Å²) in [6.45, 7) is 0. The number of hydrogen-bond acceptors (Lipinski definition) is 3. The van der Waals surface area contributed by atoms with Crippen LogP contribution in [0.2, 0.25) is 0 Å². The lowest BCUT2D eigenvalue weighted by molar-refractivity contribution is 0.101. The normalized spacial score (nSPS) is 15.6. The van der Waals surface area contributed by atoms with Crippen molar-refractivity contribution in [3.63, 3.8) is 0 Å². The number of aromatic nitrogens is 1. The minimum atomic E-state index is -0.102. The molecule has 0 aliphatic carbocycles. The molecule has 3 rings (SSSR count). The molecule has 0 fully saturated rings. The predicted molar refractivity (Wildman–Crippen MR) is 71.3 cm³/mol. The molecule has 0 amide bonds. The summed E-state index contributed by atoms with van der Waals surface area (Å²) in [5.74, 6) is 0.824. The fourth-order valence-corrected chi connectivity index (χ4v) is 2.14. The largest absolute Gasteiger partial charge is 0.452 e. The van der Waals surface area contributed by atoms with Gasteiger partial charge in [0.15, 0.2) is 5.76 Å². The molecule has 0 N–H and O–H groups in total. The van der Waals surface area contributed by atoms with Crippen molar-refractivity contribution in [3.8, 4) is 5.75 Å². The van der Waals surface area contributed by atoms with E-state index in [1.807, 2.05) is 18.2 Å². The number of halogens is 1. The van der Waals surface area contributed by atoms with E-state index in [-0.39, 0.29) is 5.78 Å². The zero-order valence-corrected chi connectivity index (χ0v) is 10.8. The molecule has 0 unspecified atom stereocenters. The molecule has 4 heteroatoms. The van der Waals surface area contributed by atoms with Crippen LogP contribution in [0.15, 0.2) is 53.0 Å². The zero-order valence-electron chi connectivity index (χ0n) is 9.26. The van der Waals surface area contributed by atoms with Crippen LogP contribution in [0.5, 0.6) is 5.75 Å². The van der Waals surface area contributed by atoms with Gasteiger partial charge in [0.25, 0.3) is 0 Å². The quantitative estimate of drug-likeness (QED) is 0.757. The average Bonchev–Trinajstić information content (AvgIpc) is 2.68. The van der Waals surface area contributed by atoms with E-state index in [2.05, 4.69) is 20.9 Å². The maximum atomic E-state index is 12.1. The third-order valence-electron chi connectivity index (χ3n) is 2.61. The molecule has 0 radical (unpaired) electrons. The summed E-state index contributed by atoms with van der Waals surface area (Å²) in [5.41, 5.74) is 1.42. The molecule has 2 aromatic rings. The number of rotatable bonds is 1. The van der Waals surface area contributed by atoms with Crippen LogP contribution in [-0.2, 0) is 0 Å². The smallest absolute Gasteiger partial charge is 0.232 e. The van der Waals surface area contributed by atoms with Gasteiger partial charge in [-0.2, -0.15) is 0 Å². The van der Waals surface area contributed by atoms with E-state index in [9.17, 15) is 4.79 Å². The molecular formula is C14H8BrNO2. The SMILES string of the molecule is O=C1/C(=C/c2cccnc2)Oc2ccc(Br)cc21. The molecular weight excluding hydrogens is 294 g/mol. The standard InChI is InChI=1S/C14H8BrNO2/c15-10-3-4-12-11(7-10)14(17)13(18-12)6-9-2-1-5-16-8-9/h1-8H/b13-6-. The first-order valence-corrected chi connectivity index (χ1v) is 6.17. The van der Waals surface area contributed by atoms with Gasteiger partial charge in [-0.05, 0) is 35.9 Å². The van der Waals surface area contributed by atoms with Crippen molar-refractivity contribution in [2.45, 2.75) is 0 Å². The first-order valence-electron chi connectivity index (χ1n) is 5.38. The zero-order chi connectivity index (χ0) is 12.5. The van der Waals surface area contributed by atoms with Gasteiger partial charge in [0, 0.05) is 16.9 Å². The van der Waals surface area contributed by atoms with E-state index in [0.717, 1.165) is 10.0 Å². The second-order valence-electron chi connectivity index (χ2n) is 3.87. The van der Waals surface area contributed by atoms with Crippen molar-refractivity contribution in [2.75, 3.05) is 0 Å². The summed E-state index contributed by atoms with van der Waals surface area (Å²) in [4.78, 5) is 16.1. The fraction of sp³-hybridized carbons (Fsp3) is 0. The number of fused-ring (bicyclic) bond motifs is 1. The maximum Gasteiger partial charge on any atom is 0.232 e. The van der Waals surface area contributed by atoms with Gasteiger partial charge in [-0.15, -0.1) is 0 Å². The number of ketones is 1. The predicted octanol–water partition coefficient (Wildman–Crippen LogP) is 3.46. The Hall–Kier alpha value is -1.94. The maximum absolute atomic E-state index is 12.1. The number of allylic oxidation sites excluding steroid dienone is 1. The van der Waals surface area contributed by atoms with Crippen LogP contribution in [0, 0.1) is 0 Å². The molecule has 1 aliphatic heterocycles. The minimum absolute atomic E-state index is 0.102. The third kappa shape index (κ3) is 1.95. The molecule has 1 aromatic heterocycles. The van der Waals surface area contributed by atoms with Crippen LogP contribution < -0.4 is 4.74 Å². The van der Waals surface area contributed by atoms with E-state index in [0.29, 0.717) is 17.1 Å². The van der Waals surface area contributed by atoms with Crippen LogP contribution in [0.3, 0.4) is 0 Å². The molecule has 0 saturated carbocycles. The summed E-state index contributed by atoms with van der Waals surface area (Å²) in [5, 5.41) is 0. The van der Waals surface area contributed by atoms with Crippen LogP contribution >= 0.6 is 15.9 Å². The second kappa shape index (κ2) is 4.38. The molecule has 3 nitrogen and oxygen atoms in total. The molecule has 1 aliphatic rings. The number of carbonyl (C=O) groups excluding carboxylic acids is 1. The van der Waals surface area contributed by atoms with E-state index in [1.165, 1.54) is 0 Å². The summed E-state index contributed by atoms with van der Waals surface area (Å²) >= 11 is 3.34. The average molecular weight is 302 g/mol. The molecule has 0 bridgehead atoms. The van der Waals surface area contributed by atoms with Gasteiger partial charge >= 0.3 is 0 Å². The van der Waals surface area contributed by atoms with E-state index < -0.39 is 0 Å². The van der Waals surface area contributed by atoms with E-state index in [4.69, 9.17) is 4.74 Å². The Morgan fingerprint density at radius 2 is 2.17 bits per heavy atom. The van der Waals surface area contributed by atoms with Gasteiger partial charge in [-0.3, -0.25) is 9.78 Å². The first kappa shape index (κ1) is 11.2. The monoisotopic (exact) mass is 301 g/mol. The van der Waals surface area contributed by atoms with E-state index >= 15 is 0 Å². The van der Waals surface area contributed by atoms with Crippen molar-refractivity contribution in [1.82, 2.24) is 4.98 Å². The highest BCUT2D eigenvalue weighted by Crippen LogP contribution is 2.33. The lowest BCUT2D eigenvalue weighted by Crippen LogP contribution is -1.98. The van der Waals surface area contributed by atoms with Crippen molar-refractivity contribution in [2.24, 2.45) is 0 Å². The third-order valence-corrected chi connectivity index (χ3v) is 3.11. The lowest BCUT2D eigenvalue weighted by Gasteiger charge is -1.97. The molecule has 0 spiro atoms. The molecule has 0 atom stereocenters. The van der Waals surface area contributed by atoms with Crippen LogP contribution in [0.25, 0.3) is 6.08 Å². The summed E-state index contributed by atoms with van der Waals surface area (Å²) in [6, 6.07) is 9.08. The van der Waals surface area contributed by atoms with Crippen molar-refractivity contribution >= 4 is 27.8 Å². The summed E-state index contributed by atoms with van der Waals surface area (Å²) < 4.78 is 6.40. The number of Topliss-reactive ketones (excluding diaryl/α,β-unsaturated/α-hetero) is 1. The highest BCUT2D eigenvalue weighted by molar-refractivity contribution is 9.10. The minimum Gasteiger partial charge on any atom is -0.452 e. The van der Waals surface area contributed by atoms with Gasteiger partial charge < -0.3 is 4.74 Å². The molecule has 2 heterocycles. The highest BCUT2D eigenvalue weighted by atomic mass is 79.9. The molecule has 88 valence electrons. The van der Waals surface area contributed by atoms with Crippen LogP contribution in [0.1, 0.15) is 15.9 Å². The lowest BCUT2D eigenvalue weighted by atomic mass is 10.1. The van der Waals surface area contributed by atoms with Gasteiger partial charge in [0.2, 0.25) is 5.78 Å². The van der Waals surface area contributed by atoms with Gasteiger partial charge in [0.05, 0.1) is 5.56 Å². The highest BCUT2D eigenvalue weighted by Gasteiger charge is 2.27. The Balaban J connectivity index is 2.00. The number of pyridine rings is 1. The number of carbonyl (C=O) groups is 1. The van der Waals surface area contributed by atoms with Crippen molar-refractivity contribution in [1.29, 1.82) is 0 Å². The Morgan fingerprint density at radius 1 is 1.28 bits per heavy atom. The fourth-order valence-electron chi connectivity index (χ4n) is 1.77. The van der Waals surface area contributed by atoms with Gasteiger partial charge in [0.1, 0.15) is 5.75 Å². The number of ether oxygens (including phenoxy) is 1. The first-order chi connectivity index (χ1) is 8.74. The van der Waals surface area contributed by atoms with Crippen molar-refractivity contribution in [3.05, 3.63) is 64.1 Å². The van der Waals surface area contributed by atoms with Gasteiger partial charge in [-0.25, -0.2) is 0 Å². The topological polar surface area (TPSA) is 39.2 Å². The Kier molecular flexibility index (Phi) is 2.72. The molecule has 1 aromatic carbocycles. The van der Waals surface area contributed by atoms with Gasteiger partial charge in [-0.1, -0.05) is 22.0 Å². The number of benzene rings is 1. The molecule has 0 saturated heterocycles. The van der Waals surface area contributed by atoms with E-state index in [1.54, 1.807) is 30.6 Å². The number of hydrogen-bond donors (Lipinski definition) is 0. The summed E-state index contributed by atoms with van der Waals surface area (Å²) in [6.07, 6.45) is 5.07. The van der Waals surface area contributed by atoms with Crippen LogP contribution in [0.4, 0.5) is 0 Å². The molecule has 18 heavy (non-hydrogen) atoms. The number of nitrogens with zero attached hydrogens (tertiary/aromatic N) is 1. The van der Waals surface area contributed by atoms with Crippen LogP contribution in [-0.4, -0.2) is 10.8 Å². The Morgan fingerprint density at radius 3 is 2.94 bits per heavy atom. The summed E-state index contributed by atoms with van der Waals surface area (Å²) in [7, 11) is 0.